The summed E-state index contributed by atoms with van der Waals surface area (Å²) < 4.78 is 0. The third-order valence-electron chi connectivity index (χ3n) is 2.45. The summed E-state index contributed by atoms with van der Waals surface area (Å²) >= 11 is 5.43. The van der Waals surface area contributed by atoms with Crippen LogP contribution in [0.15, 0.2) is 18.2 Å². The highest BCUT2D eigenvalue weighted by molar-refractivity contribution is 6.18. The van der Waals surface area contributed by atoms with E-state index in [4.69, 9.17) is 16.7 Å². The van der Waals surface area contributed by atoms with E-state index in [1.807, 2.05) is 0 Å². The van der Waals surface area contributed by atoms with Crippen molar-refractivity contribution in [2.45, 2.75) is 19.1 Å². The molecule has 0 radical (unpaired) electrons. The highest BCUT2D eigenvalue weighted by Gasteiger charge is 2.21. The molecule has 0 saturated heterocycles. The molecule has 0 heterocycles. The Labute approximate surface area is 98.1 Å². The quantitative estimate of drug-likeness (QED) is 0.699. The molecule has 88 valence electrons. The molecule has 0 saturated carbocycles. The van der Waals surface area contributed by atoms with Gasteiger partial charge >= 0.3 is 5.97 Å². The van der Waals surface area contributed by atoms with Crippen LogP contribution in [-0.2, 0) is 0 Å². The highest BCUT2D eigenvalue weighted by atomic mass is 35.5. The third-order valence-corrected chi connectivity index (χ3v) is 2.76. The Hall–Kier alpha value is -1.10. The molecule has 1 rings (SSSR count). The van der Waals surface area contributed by atoms with Gasteiger partial charge in [0.15, 0.2) is 0 Å². The summed E-state index contributed by atoms with van der Waals surface area (Å²) in [6.07, 6.45) is -2.28. The van der Waals surface area contributed by atoms with Gasteiger partial charge in [0.2, 0.25) is 0 Å². The predicted molar refractivity (Wildman–Crippen MR) is 59.8 cm³/mol. The highest BCUT2D eigenvalue weighted by Crippen LogP contribution is 2.23. The largest absolute Gasteiger partial charge is 0.478 e. The zero-order chi connectivity index (χ0) is 12.3. The van der Waals surface area contributed by atoms with Gasteiger partial charge in [0, 0.05) is 0 Å². The Balaban J connectivity index is 3.15. The third kappa shape index (κ3) is 2.52. The van der Waals surface area contributed by atoms with Gasteiger partial charge in [0.1, 0.15) is 6.10 Å². The molecule has 0 amide bonds. The number of aliphatic hydroxyl groups excluding tert-OH is 2. The van der Waals surface area contributed by atoms with Crippen molar-refractivity contribution in [3.63, 3.8) is 0 Å². The summed E-state index contributed by atoms with van der Waals surface area (Å²) in [5, 5.41) is 28.1. The van der Waals surface area contributed by atoms with Gasteiger partial charge in [-0.3, -0.25) is 0 Å². The molecule has 4 nitrogen and oxygen atoms in total. The standard InChI is InChI=1S/C11H13ClO4/c1-6-7(10(14)9(13)5-12)3-2-4-8(6)11(15)16/h2-4,9-10,13-14H,5H2,1H3,(H,15,16). The zero-order valence-corrected chi connectivity index (χ0v) is 9.48. The molecule has 2 atom stereocenters. The van der Waals surface area contributed by atoms with Crippen LogP contribution in [0.25, 0.3) is 0 Å². The van der Waals surface area contributed by atoms with Crippen LogP contribution in [0.4, 0.5) is 0 Å². The maximum absolute atomic E-state index is 10.9. The van der Waals surface area contributed by atoms with Crippen molar-refractivity contribution in [1.82, 2.24) is 0 Å². The molecule has 0 fully saturated rings. The van der Waals surface area contributed by atoms with E-state index in [1.165, 1.54) is 12.1 Å². The molecule has 0 aliphatic rings. The van der Waals surface area contributed by atoms with Crippen molar-refractivity contribution in [2.24, 2.45) is 0 Å². The van der Waals surface area contributed by atoms with Crippen LogP contribution >= 0.6 is 11.6 Å². The van der Waals surface area contributed by atoms with Gasteiger partial charge in [-0.05, 0) is 24.1 Å². The van der Waals surface area contributed by atoms with Crippen LogP contribution in [0.3, 0.4) is 0 Å². The van der Waals surface area contributed by atoms with Crippen LogP contribution in [0.1, 0.15) is 27.6 Å². The van der Waals surface area contributed by atoms with Crippen LogP contribution < -0.4 is 0 Å². The molecule has 1 aromatic rings. The molecule has 0 aliphatic heterocycles. The lowest BCUT2D eigenvalue weighted by Crippen LogP contribution is -2.21. The summed E-state index contributed by atoms with van der Waals surface area (Å²) in [5.41, 5.74) is 0.929. The van der Waals surface area contributed by atoms with E-state index in [2.05, 4.69) is 0 Å². The molecule has 0 spiro atoms. The Morgan fingerprint density at radius 2 is 2.06 bits per heavy atom. The minimum Gasteiger partial charge on any atom is -0.478 e. The Morgan fingerprint density at radius 3 is 2.56 bits per heavy atom. The van der Waals surface area contributed by atoms with Crippen molar-refractivity contribution in [1.29, 1.82) is 0 Å². The second-order valence-electron chi connectivity index (χ2n) is 3.49. The molecule has 5 heteroatoms. The average Bonchev–Trinajstić information content (AvgIpc) is 2.27. The van der Waals surface area contributed by atoms with Crippen molar-refractivity contribution in [2.75, 3.05) is 5.88 Å². The van der Waals surface area contributed by atoms with Gasteiger partial charge in [-0.15, -0.1) is 11.6 Å². The normalized spacial score (nSPS) is 14.5. The number of carboxylic acid groups (broad SMARTS) is 1. The number of hydrogen-bond donors (Lipinski definition) is 3. The van der Waals surface area contributed by atoms with Crippen molar-refractivity contribution in [3.05, 3.63) is 34.9 Å². The first-order valence-electron chi connectivity index (χ1n) is 4.74. The number of benzene rings is 1. The number of halogens is 1. The molecule has 1 aromatic carbocycles. The number of rotatable bonds is 4. The number of hydrogen-bond acceptors (Lipinski definition) is 3. The van der Waals surface area contributed by atoms with E-state index in [0.29, 0.717) is 11.1 Å². The van der Waals surface area contributed by atoms with E-state index >= 15 is 0 Å². The number of aromatic carboxylic acids is 1. The molecule has 16 heavy (non-hydrogen) atoms. The minimum absolute atomic E-state index is 0.110. The van der Waals surface area contributed by atoms with Crippen molar-refractivity contribution < 1.29 is 20.1 Å². The Kier molecular flexibility index (Phi) is 4.29. The smallest absolute Gasteiger partial charge is 0.335 e. The van der Waals surface area contributed by atoms with Gasteiger partial charge in [0.25, 0.3) is 0 Å². The Bertz CT molecular complexity index is 392. The summed E-state index contributed by atoms with van der Waals surface area (Å²) in [7, 11) is 0. The lowest BCUT2D eigenvalue weighted by Gasteiger charge is -2.18. The number of carboxylic acids is 1. The molecule has 0 aromatic heterocycles. The van der Waals surface area contributed by atoms with Crippen LogP contribution in [0.5, 0.6) is 0 Å². The van der Waals surface area contributed by atoms with E-state index in [0.717, 1.165) is 0 Å². The molecular weight excluding hydrogens is 232 g/mol. The summed E-state index contributed by atoms with van der Waals surface area (Å²) in [6, 6.07) is 4.54. The first-order chi connectivity index (χ1) is 7.49. The first kappa shape index (κ1) is 13.0. The van der Waals surface area contributed by atoms with E-state index in [1.54, 1.807) is 13.0 Å². The number of aliphatic hydroxyl groups is 2. The number of alkyl halides is 1. The van der Waals surface area contributed by atoms with Crippen LogP contribution in [0.2, 0.25) is 0 Å². The fourth-order valence-electron chi connectivity index (χ4n) is 1.50. The lowest BCUT2D eigenvalue weighted by atomic mass is 9.96. The van der Waals surface area contributed by atoms with Crippen LogP contribution in [-0.4, -0.2) is 33.3 Å². The maximum atomic E-state index is 10.9. The SMILES string of the molecule is Cc1c(C(=O)O)cccc1C(O)C(O)CCl. The zero-order valence-electron chi connectivity index (χ0n) is 8.72. The lowest BCUT2D eigenvalue weighted by molar-refractivity contribution is 0.0322. The van der Waals surface area contributed by atoms with Gasteiger partial charge < -0.3 is 15.3 Å². The molecule has 2 unspecified atom stereocenters. The van der Waals surface area contributed by atoms with Gasteiger partial charge in [0.05, 0.1) is 17.5 Å². The monoisotopic (exact) mass is 244 g/mol. The fourth-order valence-corrected chi connectivity index (χ4v) is 1.67. The topological polar surface area (TPSA) is 77.8 Å². The molecular formula is C11H13ClO4. The average molecular weight is 245 g/mol. The predicted octanol–water partition coefficient (Wildman–Crippen LogP) is 1.33. The number of carbonyl (C=O) groups is 1. The van der Waals surface area contributed by atoms with Gasteiger partial charge in [-0.1, -0.05) is 12.1 Å². The maximum Gasteiger partial charge on any atom is 0.335 e. The van der Waals surface area contributed by atoms with E-state index in [9.17, 15) is 15.0 Å². The van der Waals surface area contributed by atoms with Crippen molar-refractivity contribution in [3.8, 4) is 0 Å². The second-order valence-corrected chi connectivity index (χ2v) is 3.80. The Morgan fingerprint density at radius 1 is 1.44 bits per heavy atom. The summed E-state index contributed by atoms with van der Waals surface area (Å²) in [6.45, 7) is 1.59. The molecule has 3 N–H and O–H groups in total. The molecule has 0 bridgehead atoms. The fraction of sp³-hybridized carbons (Fsp3) is 0.364. The van der Waals surface area contributed by atoms with E-state index in [-0.39, 0.29) is 11.4 Å². The molecule has 0 aliphatic carbocycles. The van der Waals surface area contributed by atoms with Crippen molar-refractivity contribution >= 4 is 17.6 Å². The van der Waals surface area contributed by atoms with Gasteiger partial charge in [-0.2, -0.15) is 0 Å². The van der Waals surface area contributed by atoms with Gasteiger partial charge in [-0.25, -0.2) is 4.79 Å². The van der Waals surface area contributed by atoms with Crippen LogP contribution in [0, 0.1) is 6.92 Å². The summed E-state index contributed by atoms with van der Waals surface area (Å²) in [4.78, 5) is 10.9. The minimum atomic E-state index is -1.17. The first-order valence-corrected chi connectivity index (χ1v) is 5.27. The summed E-state index contributed by atoms with van der Waals surface area (Å²) in [5.74, 6) is -1.18. The second kappa shape index (κ2) is 5.30. The van der Waals surface area contributed by atoms with E-state index < -0.39 is 18.2 Å².